The molecule has 0 radical (unpaired) electrons. The SMILES string of the molecule is O=S1(=O)CCCCC1C(O)Cc1ccc(Br)cc1. The molecule has 1 N–H and O–H groups in total. The third kappa shape index (κ3) is 3.33. The highest BCUT2D eigenvalue weighted by molar-refractivity contribution is 9.10. The number of benzene rings is 1. The molecule has 2 unspecified atom stereocenters. The van der Waals surface area contributed by atoms with E-state index in [0.29, 0.717) is 12.8 Å². The van der Waals surface area contributed by atoms with E-state index in [1.807, 2.05) is 24.3 Å². The van der Waals surface area contributed by atoms with Crippen molar-refractivity contribution in [2.75, 3.05) is 5.75 Å². The average molecular weight is 333 g/mol. The lowest BCUT2D eigenvalue weighted by molar-refractivity contribution is 0.162. The molecule has 1 aliphatic heterocycles. The van der Waals surface area contributed by atoms with Gasteiger partial charge in [-0.1, -0.05) is 34.5 Å². The van der Waals surface area contributed by atoms with E-state index < -0.39 is 21.2 Å². The summed E-state index contributed by atoms with van der Waals surface area (Å²) in [7, 11) is -3.11. The predicted molar refractivity (Wildman–Crippen MR) is 75.3 cm³/mol. The fourth-order valence-electron chi connectivity index (χ4n) is 2.40. The van der Waals surface area contributed by atoms with Crippen molar-refractivity contribution in [3.8, 4) is 0 Å². The summed E-state index contributed by atoms with van der Waals surface area (Å²) in [5.74, 6) is 0.217. The Morgan fingerprint density at radius 3 is 2.56 bits per heavy atom. The molecule has 0 aliphatic carbocycles. The quantitative estimate of drug-likeness (QED) is 0.924. The maximum Gasteiger partial charge on any atom is 0.155 e. The van der Waals surface area contributed by atoms with Crippen molar-refractivity contribution < 1.29 is 13.5 Å². The van der Waals surface area contributed by atoms with Crippen LogP contribution >= 0.6 is 15.9 Å². The first-order valence-electron chi connectivity index (χ1n) is 6.13. The van der Waals surface area contributed by atoms with Gasteiger partial charge in [0, 0.05) is 4.47 Å². The van der Waals surface area contributed by atoms with E-state index in [4.69, 9.17) is 0 Å². The molecule has 0 amide bonds. The van der Waals surface area contributed by atoms with E-state index >= 15 is 0 Å². The van der Waals surface area contributed by atoms with Crippen LogP contribution in [-0.2, 0) is 16.3 Å². The normalized spacial score (nSPS) is 24.7. The molecule has 0 spiro atoms. The summed E-state index contributed by atoms with van der Waals surface area (Å²) in [4.78, 5) is 0. The number of hydrogen-bond acceptors (Lipinski definition) is 3. The molecule has 0 bridgehead atoms. The highest BCUT2D eigenvalue weighted by Gasteiger charge is 2.34. The van der Waals surface area contributed by atoms with Crippen molar-refractivity contribution in [3.63, 3.8) is 0 Å². The second-order valence-electron chi connectivity index (χ2n) is 4.80. The molecule has 2 rings (SSSR count). The summed E-state index contributed by atoms with van der Waals surface area (Å²) in [6, 6.07) is 7.61. The molecular weight excluding hydrogens is 316 g/mol. The van der Waals surface area contributed by atoms with Crippen LogP contribution in [0.2, 0.25) is 0 Å². The van der Waals surface area contributed by atoms with Crippen LogP contribution in [0.25, 0.3) is 0 Å². The Bertz CT molecular complexity index is 495. The Hall–Kier alpha value is -0.390. The molecule has 1 aromatic rings. The summed E-state index contributed by atoms with van der Waals surface area (Å²) in [6.45, 7) is 0. The molecule has 3 nitrogen and oxygen atoms in total. The molecule has 1 heterocycles. The van der Waals surface area contributed by atoms with Crippen molar-refractivity contribution in [1.29, 1.82) is 0 Å². The third-order valence-corrected chi connectivity index (χ3v) is 6.27. The van der Waals surface area contributed by atoms with Crippen LogP contribution < -0.4 is 0 Å². The number of hydrogen-bond donors (Lipinski definition) is 1. The molecule has 2 atom stereocenters. The van der Waals surface area contributed by atoms with Crippen molar-refractivity contribution in [2.24, 2.45) is 0 Å². The van der Waals surface area contributed by atoms with E-state index in [1.54, 1.807) is 0 Å². The Morgan fingerprint density at radius 1 is 1.28 bits per heavy atom. The van der Waals surface area contributed by atoms with Crippen LogP contribution in [0.1, 0.15) is 24.8 Å². The highest BCUT2D eigenvalue weighted by atomic mass is 79.9. The smallest absolute Gasteiger partial charge is 0.155 e. The number of sulfone groups is 1. The van der Waals surface area contributed by atoms with E-state index in [1.165, 1.54) is 0 Å². The minimum atomic E-state index is -3.11. The van der Waals surface area contributed by atoms with Gasteiger partial charge in [-0.05, 0) is 37.0 Å². The van der Waals surface area contributed by atoms with Gasteiger partial charge in [0.1, 0.15) is 0 Å². The van der Waals surface area contributed by atoms with Gasteiger partial charge in [0.05, 0.1) is 17.1 Å². The minimum Gasteiger partial charge on any atom is -0.391 e. The van der Waals surface area contributed by atoms with Gasteiger partial charge in [-0.3, -0.25) is 0 Å². The molecule has 1 fully saturated rings. The van der Waals surface area contributed by atoms with Crippen LogP contribution in [0.4, 0.5) is 0 Å². The van der Waals surface area contributed by atoms with E-state index in [2.05, 4.69) is 15.9 Å². The lowest BCUT2D eigenvalue weighted by atomic mass is 10.0. The van der Waals surface area contributed by atoms with Gasteiger partial charge in [0.25, 0.3) is 0 Å². The maximum absolute atomic E-state index is 11.9. The first-order valence-corrected chi connectivity index (χ1v) is 8.64. The zero-order chi connectivity index (χ0) is 13.2. The Morgan fingerprint density at radius 2 is 1.94 bits per heavy atom. The summed E-state index contributed by atoms with van der Waals surface area (Å²) >= 11 is 3.35. The molecule has 1 aromatic carbocycles. The van der Waals surface area contributed by atoms with Gasteiger partial charge in [-0.15, -0.1) is 0 Å². The van der Waals surface area contributed by atoms with Crippen LogP contribution in [0.15, 0.2) is 28.7 Å². The third-order valence-electron chi connectivity index (χ3n) is 3.42. The molecule has 100 valence electrons. The molecule has 18 heavy (non-hydrogen) atoms. The van der Waals surface area contributed by atoms with E-state index in [0.717, 1.165) is 22.9 Å². The van der Waals surface area contributed by atoms with Gasteiger partial charge in [-0.25, -0.2) is 8.42 Å². The van der Waals surface area contributed by atoms with E-state index in [9.17, 15) is 13.5 Å². The zero-order valence-electron chi connectivity index (χ0n) is 10.0. The Labute approximate surface area is 116 Å². The summed E-state index contributed by atoms with van der Waals surface area (Å²) in [5.41, 5.74) is 0.964. The number of aliphatic hydroxyl groups is 1. The summed E-state index contributed by atoms with van der Waals surface area (Å²) in [6.07, 6.45) is 1.80. The minimum absolute atomic E-state index is 0.217. The first-order chi connectivity index (χ1) is 8.49. The lowest BCUT2D eigenvalue weighted by Gasteiger charge is -2.26. The topological polar surface area (TPSA) is 54.4 Å². The molecule has 1 aliphatic rings. The van der Waals surface area contributed by atoms with E-state index in [-0.39, 0.29) is 5.75 Å². The zero-order valence-corrected chi connectivity index (χ0v) is 12.5. The van der Waals surface area contributed by atoms with Crippen molar-refractivity contribution in [2.45, 2.75) is 37.0 Å². The van der Waals surface area contributed by atoms with Gasteiger partial charge < -0.3 is 5.11 Å². The first kappa shape index (κ1) is 14.0. The van der Waals surface area contributed by atoms with Gasteiger partial charge in [-0.2, -0.15) is 0 Å². The largest absolute Gasteiger partial charge is 0.391 e. The van der Waals surface area contributed by atoms with Gasteiger partial charge in [0.15, 0.2) is 9.84 Å². The molecule has 0 aromatic heterocycles. The Kier molecular flexibility index (Phi) is 4.45. The lowest BCUT2D eigenvalue weighted by Crippen LogP contribution is -2.39. The highest BCUT2D eigenvalue weighted by Crippen LogP contribution is 2.24. The number of halogens is 1. The van der Waals surface area contributed by atoms with Crippen LogP contribution in [0.5, 0.6) is 0 Å². The molecule has 0 saturated carbocycles. The van der Waals surface area contributed by atoms with Crippen molar-refractivity contribution in [3.05, 3.63) is 34.3 Å². The van der Waals surface area contributed by atoms with Crippen molar-refractivity contribution >= 4 is 25.8 Å². The number of rotatable bonds is 3. The predicted octanol–water partition coefficient (Wildman–Crippen LogP) is 2.32. The summed E-state index contributed by atoms with van der Waals surface area (Å²) in [5, 5.41) is 9.55. The fourth-order valence-corrected chi connectivity index (χ4v) is 4.68. The van der Waals surface area contributed by atoms with Crippen LogP contribution in [-0.4, -0.2) is 30.6 Å². The maximum atomic E-state index is 11.9. The van der Waals surface area contributed by atoms with Crippen LogP contribution in [0.3, 0.4) is 0 Å². The average Bonchev–Trinajstić information content (AvgIpc) is 2.31. The second kappa shape index (κ2) is 5.72. The molecule has 5 heteroatoms. The number of aliphatic hydroxyl groups excluding tert-OH is 1. The van der Waals surface area contributed by atoms with Gasteiger partial charge >= 0.3 is 0 Å². The summed E-state index contributed by atoms with van der Waals surface area (Å²) < 4.78 is 24.8. The second-order valence-corrected chi connectivity index (χ2v) is 8.05. The van der Waals surface area contributed by atoms with Crippen LogP contribution in [0, 0.1) is 0 Å². The monoisotopic (exact) mass is 332 g/mol. The van der Waals surface area contributed by atoms with Crippen molar-refractivity contribution in [1.82, 2.24) is 0 Å². The standard InChI is InChI=1S/C13H17BrO3S/c14-11-6-4-10(5-7-11)9-12(15)13-3-1-2-8-18(13,16)17/h4-7,12-13,15H,1-3,8-9H2. The van der Waals surface area contributed by atoms with Gasteiger partial charge in [0.2, 0.25) is 0 Å². The Balaban J connectivity index is 2.07. The fraction of sp³-hybridized carbons (Fsp3) is 0.538. The molecular formula is C13H17BrO3S. The molecule has 1 saturated heterocycles.